The number of nitrogens with zero attached hydrogens (tertiary/aromatic N) is 2. The zero-order valence-electron chi connectivity index (χ0n) is 11.6. The summed E-state index contributed by atoms with van der Waals surface area (Å²) in [6, 6.07) is 9.92. The monoisotopic (exact) mass is 271 g/mol. The number of anilines is 1. The largest absolute Gasteiger partial charge is 0.488 e. The minimum Gasteiger partial charge on any atom is -0.488 e. The molecule has 0 spiro atoms. The molecule has 0 saturated carbocycles. The van der Waals surface area contributed by atoms with E-state index < -0.39 is 0 Å². The molecule has 3 rings (SSSR count). The molecule has 0 saturated heterocycles. The van der Waals surface area contributed by atoms with Crippen molar-refractivity contribution in [2.75, 3.05) is 19.0 Å². The molecule has 0 aliphatic carbocycles. The van der Waals surface area contributed by atoms with Crippen LogP contribution in [-0.4, -0.2) is 29.7 Å². The van der Waals surface area contributed by atoms with Gasteiger partial charge in [0.25, 0.3) is 0 Å². The van der Waals surface area contributed by atoms with E-state index in [0.717, 1.165) is 17.9 Å². The van der Waals surface area contributed by atoms with E-state index in [9.17, 15) is 0 Å². The molecule has 0 fully saturated rings. The molecule has 1 N–H and O–H groups in total. The van der Waals surface area contributed by atoms with Crippen molar-refractivity contribution < 1.29 is 9.47 Å². The van der Waals surface area contributed by atoms with Gasteiger partial charge in [0.2, 0.25) is 11.8 Å². The van der Waals surface area contributed by atoms with Gasteiger partial charge in [0, 0.05) is 18.2 Å². The average Bonchev–Trinajstić information content (AvgIpc) is 2.87. The van der Waals surface area contributed by atoms with Gasteiger partial charge in [-0.25, -0.2) is 4.98 Å². The third kappa shape index (κ3) is 2.66. The van der Waals surface area contributed by atoms with Gasteiger partial charge in [-0.15, -0.1) is 0 Å². The molecule has 0 radical (unpaired) electrons. The summed E-state index contributed by atoms with van der Waals surface area (Å²) in [5, 5.41) is 3.21. The lowest BCUT2D eigenvalue weighted by atomic mass is 10.1. The van der Waals surface area contributed by atoms with Gasteiger partial charge in [0.1, 0.15) is 11.9 Å². The van der Waals surface area contributed by atoms with Crippen LogP contribution in [0.3, 0.4) is 0 Å². The lowest BCUT2D eigenvalue weighted by molar-refractivity contribution is 0.246. The molecule has 0 bridgehead atoms. The highest BCUT2D eigenvalue weighted by Gasteiger charge is 2.22. The van der Waals surface area contributed by atoms with Crippen molar-refractivity contribution >= 4 is 5.95 Å². The Morgan fingerprint density at radius 3 is 3.00 bits per heavy atom. The Morgan fingerprint density at radius 2 is 2.20 bits per heavy atom. The maximum Gasteiger partial charge on any atom is 0.226 e. The van der Waals surface area contributed by atoms with Crippen molar-refractivity contribution in [3.8, 4) is 11.6 Å². The number of rotatable bonds is 4. The highest BCUT2D eigenvalue weighted by molar-refractivity contribution is 5.38. The van der Waals surface area contributed by atoms with Gasteiger partial charge in [-0.2, -0.15) is 4.98 Å². The zero-order chi connectivity index (χ0) is 13.9. The Labute approximate surface area is 118 Å². The van der Waals surface area contributed by atoms with Crippen LogP contribution < -0.4 is 14.8 Å². The fourth-order valence-electron chi connectivity index (χ4n) is 2.30. The first-order valence-electron chi connectivity index (χ1n) is 6.62. The van der Waals surface area contributed by atoms with E-state index in [-0.39, 0.29) is 6.10 Å². The summed E-state index contributed by atoms with van der Waals surface area (Å²) >= 11 is 0. The standard InChI is InChI=1S/C15H17N3O2/c1-10-7-14(19-2)18-15(17-10)16-9-12-8-11-5-3-4-6-13(11)20-12/h3-7,12H,8-9H2,1-2H3,(H,16,17,18). The number of para-hydroxylation sites is 1. The highest BCUT2D eigenvalue weighted by Crippen LogP contribution is 2.28. The lowest BCUT2D eigenvalue weighted by Crippen LogP contribution is -2.24. The van der Waals surface area contributed by atoms with Crippen LogP contribution in [-0.2, 0) is 6.42 Å². The van der Waals surface area contributed by atoms with E-state index in [0.29, 0.717) is 18.4 Å². The van der Waals surface area contributed by atoms with Crippen molar-refractivity contribution in [1.29, 1.82) is 0 Å². The first-order chi connectivity index (χ1) is 9.74. The van der Waals surface area contributed by atoms with Crippen LogP contribution >= 0.6 is 0 Å². The van der Waals surface area contributed by atoms with Crippen LogP contribution in [0.1, 0.15) is 11.3 Å². The molecule has 1 aromatic heterocycles. The number of aryl methyl sites for hydroxylation is 1. The Hall–Kier alpha value is -2.30. The van der Waals surface area contributed by atoms with Crippen LogP contribution in [0.4, 0.5) is 5.95 Å². The van der Waals surface area contributed by atoms with E-state index >= 15 is 0 Å². The molecule has 2 heterocycles. The second kappa shape index (κ2) is 5.36. The second-order valence-electron chi connectivity index (χ2n) is 4.81. The molecule has 5 nitrogen and oxygen atoms in total. The summed E-state index contributed by atoms with van der Waals surface area (Å²) in [5.41, 5.74) is 2.12. The number of hydrogen-bond acceptors (Lipinski definition) is 5. The summed E-state index contributed by atoms with van der Waals surface area (Å²) in [6.45, 7) is 2.58. The second-order valence-corrected chi connectivity index (χ2v) is 4.81. The van der Waals surface area contributed by atoms with Gasteiger partial charge in [-0.3, -0.25) is 0 Å². The van der Waals surface area contributed by atoms with Crippen LogP contribution in [0.15, 0.2) is 30.3 Å². The molecule has 104 valence electrons. The molecular formula is C15H17N3O2. The van der Waals surface area contributed by atoms with E-state index in [2.05, 4.69) is 21.4 Å². The molecular weight excluding hydrogens is 254 g/mol. The van der Waals surface area contributed by atoms with Crippen molar-refractivity contribution in [3.63, 3.8) is 0 Å². The molecule has 20 heavy (non-hydrogen) atoms. The van der Waals surface area contributed by atoms with E-state index in [4.69, 9.17) is 9.47 Å². The molecule has 2 aromatic rings. The predicted octanol–water partition coefficient (Wildman–Crippen LogP) is 2.21. The fourth-order valence-corrected chi connectivity index (χ4v) is 2.30. The summed E-state index contributed by atoms with van der Waals surface area (Å²) in [4.78, 5) is 8.60. The number of methoxy groups -OCH3 is 1. The SMILES string of the molecule is COc1cc(C)nc(NCC2Cc3ccccc3O2)n1. The number of fused-ring (bicyclic) bond motifs is 1. The van der Waals surface area contributed by atoms with Gasteiger partial charge in [0.15, 0.2) is 0 Å². The summed E-state index contributed by atoms with van der Waals surface area (Å²) in [7, 11) is 1.60. The van der Waals surface area contributed by atoms with Crippen LogP contribution in [0, 0.1) is 6.92 Å². The molecule has 5 heteroatoms. The number of benzene rings is 1. The Bertz CT molecular complexity index is 591. The summed E-state index contributed by atoms with van der Waals surface area (Å²) in [5.74, 6) is 2.11. The Balaban J connectivity index is 1.63. The Morgan fingerprint density at radius 1 is 1.35 bits per heavy atom. The first-order valence-corrected chi connectivity index (χ1v) is 6.62. The fraction of sp³-hybridized carbons (Fsp3) is 0.333. The predicted molar refractivity (Wildman–Crippen MR) is 76.4 cm³/mol. The van der Waals surface area contributed by atoms with E-state index in [1.165, 1.54) is 5.56 Å². The van der Waals surface area contributed by atoms with Crippen LogP contribution in [0.2, 0.25) is 0 Å². The molecule has 1 atom stereocenters. The summed E-state index contributed by atoms with van der Waals surface area (Å²) in [6.07, 6.45) is 1.02. The van der Waals surface area contributed by atoms with Gasteiger partial charge in [0.05, 0.1) is 13.7 Å². The number of hydrogen-bond donors (Lipinski definition) is 1. The van der Waals surface area contributed by atoms with E-state index in [1.54, 1.807) is 13.2 Å². The zero-order valence-corrected chi connectivity index (χ0v) is 11.6. The minimum atomic E-state index is 0.113. The van der Waals surface area contributed by atoms with Crippen molar-refractivity contribution in [3.05, 3.63) is 41.6 Å². The van der Waals surface area contributed by atoms with Crippen LogP contribution in [0.5, 0.6) is 11.6 Å². The average molecular weight is 271 g/mol. The van der Waals surface area contributed by atoms with Crippen molar-refractivity contribution in [2.45, 2.75) is 19.4 Å². The molecule has 1 aliphatic heterocycles. The van der Waals surface area contributed by atoms with Crippen molar-refractivity contribution in [1.82, 2.24) is 9.97 Å². The maximum atomic E-state index is 5.87. The maximum absolute atomic E-state index is 5.87. The smallest absolute Gasteiger partial charge is 0.226 e. The molecule has 0 amide bonds. The lowest BCUT2D eigenvalue weighted by Gasteiger charge is -2.12. The van der Waals surface area contributed by atoms with Gasteiger partial charge < -0.3 is 14.8 Å². The van der Waals surface area contributed by atoms with Crippen molar-refractivity contribution in [2.24, 2.45) is 0 Å². The van der Waals surface area contributed by atoms with Crippen LogP contribution in [0.25, 0.3) is 0 Å². The van der Waals surface area contributed by atoms with Gasteiger partial charge >= 0.3 is 0 Å². The Kier molecular flexibility index (Phi) is 3.41. The molecule has 1 unspecified atom stereocenters. The minimum absolute atomic E-state index is 0.113. The number of aromatic nitrogens is 2. The summed E-state index contributed by atoms with van der Waals surface area (Å²) < 4.78 is 11.0. The third-order valence-corrected chi connectivity index (χ3v) is 3.24. The quantitative estimate of drug-likeness (QED) is 0.924. The van der Waals surface area contributed by atoms with Gasteiger partial charge in [-0.05, 0) is 18.6 Å². The normalized spacial score (nSPS) is 16.4. The number of ether oxygens (including phenoxy) is 2. The van der Waals surface area contributed by atoms with Gasteiger partial charge in [-0.1, -0.05) is 18.2 Å². The highest BCUT2D eigenvalue weighted by atomic mass is 16.5. The first kappa shape index (κ1) is 12.7. The molecule has 1 aliphatic rings. The third-order valence-electron chi connectivity index (χ3n) is 3.24. The molecule has 1 aromatic carbocycles. The topological polar surface area (TPSA) is 56.3 Å². The number of nitrogens with one attached hydrogen (secondary N) is 1. The van der Waals surface area contributed by atoms with E-state index in [1.807, 2.05) is 25.1 Å².